The molecule has 0 spiro atoms. The van der Waals surface area contributed by atoms with E-state index in [2.05, 4.69) is 4.98 Å². The first kappa shape index (κ1) is 7.42. The molecule has 3 heteroatoms. The van der Waals surface area contributed by atoms with Gasteiger partial charge in [0.2, 0.25) is 0 Å². The molecule has 0 saturated carbocycles. The van der Waals surface area contributed by atoms with Crippen molar-refractivity contribution >= 4 is 6.29 Å². The number of carbonyl (C=O) groups is 1. The van der Waals surface area contributed by atoms with E-state index >= 15 is 0 Å². The lowest BCUT2D eigenvalue weighted by Gasteiger charge is -1.96. The summed E-state index contributed by atoms with van der Waals surface area (Å²) in [7, 11) is 0. The second kappa shape index (κ2) is 2.93. The average molecular weight is 146 g/mol. The number of aldehydes is 1. The first-order chi connectivity index (χ1) is 5.29. The zero-order chi connectivity index (χ0) is 8.27. The number of hydrogen-bond acceptors (Lipinski definition) is 3. The molecule has 0 unspecified atom stereocenters. The fourth-order valence-corrected chi connectivity index (χ4v) is 0.773. The summed E-state index contributed by atoms with van der Waals surface area (Å²) in [5.41, 5.74) is 1.62. The molecule has 0 aliphatic heterocycles. The highest BCUT2D eigenvalue weighted by Gasteiger charge is 2.01. The van der Waals surface area contributed by atoms with Crippen LogP contribution in [0.25, 0.3) is 0 Å². The molecule has 1 heterocycles. The van der Waals surface area contributed by atoms with Gasteiger partial charge in [-0.25, -0.2) is 0 Å². The molecule has 0 aliphatic carbocycles. The summed E-state index contributed by atoms with van der Waals surface area (Å²) >= 11 is 0. The zero-order valence-electron chi connectivity index (χ0n) is 6.03. The van der Waals surface area contributed by atoms with Gasteiger partial charge >= 0.3 is 0 Å². The van der Waals surface area contributed by atoms with Gasteiger partial charge in [0.25, 0.3) is 0 Å². The predicted molar refractivity (Wildman–Crippen MR) is 39.1 cm³/mol. The Labute approximate surface area is 64.3 Å². The fourth-order valence-electron chi connectivity index (χ4n) is 0.773. The van der Waals surface area contributed by atoms with Crippen LogP contribution in [0.5, 0.6) is 0 Å². The second-order valence-corrected chi connectivity index (χ2v) is 2.13. The molecule has 1 aromatic rings. The molecular weight excluding hydrogens is 140 g/mol. The van der Waals surface area contributed by atoms with Gasteiger partial charge in [-0.2, -0.15) is 5.26 Å². The minimum Gasteiger partial charge on any atom is -0.298 e. The molecule has 0 N–H and O–H groups in total. The highest BCUT2D eigenvalue weighted by atomic mass is 16.1. The first-order valence-corrected chi connectivity index (χ1v) is 3.09. The Bertz CT molecular complexity index is 325. The maximum absolute atomic E-state index is 10.3. The summed E-state index contributed by atoms with van der Waals surface area (Å²) in [4.78, 5) is 14.1. The van der Waals surface area contributed by atoms with E-state index in [4.69, 9.17) is 5.26 Å². The van der Waals surface area contributed by atoms with Gasteiger partial charge in [0.1, 0.15) is 6.07 Å². The lowest BCUT2D eigenvalue weighted by Crippen LogP contribution is -1.91. The topological polar surface area (TPSA) is 53.8 Å². The van der Waals surface area contributed by atoms with Crippen LogP contribution in [0.3, 0.4) is 0 Å². The molecule has 3 nitrogen and oxygen atoms in total. The van der Waals surface area contributed by atoms with Crippen molar-refractivity contribution in [3.8, 4) is 6.07 Å². The number of rotatable bonds is 1. The summed E-state index contributed by atoms with van der Waals surface area (Å²) in [6.07, 6.45) is 3.59. The maximum Gasteiger partial charge on any atom is 0.151 e. The Kier molecular flexibility index (Phi) is 1.98. The molecule has 54 valence electrons. The van der Waals surface area contributed by atoms with E-state index in [-0.39, 0.29) is 0 Å². The number of pyridine rings is 1. The summed E-state index contributed by atoms with van der Waals surface area (Å²) in [5, 5.41) is 8.53. The summed E-state index contributed by atoms with van der Waals surface area (Å²) in [6.45, 7) is 1.73. The lowest BCUT2D eigenvalue weighted by atomic mass is 10.1. The molecule has 0 radical (unpaired) electrons. The summed E-state index contributed by atoms with van der Waals surface area (Å²) < 4.78 is 0. The van der Waals surface area contributed by atoms with Crippen LogP contribution in [0.2, 0.25) is 0 Å². The van der Waals surface area contributed by atoms with Crippen molar-refractivity contribution in [2.24, 2.45) is 0 Å². The predicted octanol–water partition coefficient (Wildman–Crippen LogP) is 1.07. The van der Waals surface area contributed by atoms with E-state index in [0.717, 1.165) is 0 Å². The summed E-state index contributed by atoms with van der Waals surface area (Å²) in [5.74, 6) is 0. The van der Waals surface area contributed by atoms with Gasteiger partial charge in [0.15, 0.2) is 6.29 Å². The standard InChI is InChI=1S/C8H6N2O/c1-6-7(2-9)3-10-4-8(6)5-11/h3-5H,1H3. The lowest BCUT2D eigenvalue weighted by molar-refractivity contribution is 0.112. The second-order valence-electron chi connectivity index (χ2n) is 2.13. The van der Waals surface area contributed by atoms with E-state index < -0.39 is 0 Å². The number of hydrogen-bond donors (Lipinski definition) is 0. The van der Waals surface area contributed by atoms with Crippen LogP contribution in [-0.4, -0.2) is 11.3 Å². The number of nitriles is 1. The van der Waals surface area contributed by atoms with E-state index in [1.54, 1.807) is 6.92 Å². The molecular formula is C8H6N2O. The van der Waals surface area contributed by atoms with Crippen molar-refractivity contribution in [3.05, 3.63) is 29.1 Å². The molecule has 0 atom stereocenters. The Hall–Kier alpha value is -1.69. The highest BCUT2D eigenvalue weighted by Crippen LogP contribution is 2.07. The van der Waals surface area contributed by atoms with Crippen LogP contribution in [0.15, 0.2) is 12.4 Å². The number of aromatic nitrogens is 1. The van der Waals surface area contributed by atoms with E-state index in [9.17, 15) is 4.79 Å². The van der Waals surface area contributed by atoms with Crippen molar-refractivity contribution in [1.82, 2.24) is 4.98 Å². The van der Waals surface area contributed by atoms with Gasteiger partial charge < -0.3 is 0 Å². The molecule has 0 aliphatic rings. The third-order valence-corrected chi connectivity index (χ3v) is 1.50. The molecule has 0 bridgehead atoms. The summed E-state index contributed by atoms with van der Waals surface area (Å²) in [6, 6.07) is 1.95. The van der Waals surface area contributed by atoms with E-state index in [1.807, 2.05) is 6.07 Å². The molecule has 0 saturated heterocycles. The van der Waals surface area contributed by atoms with Gasteiger partial charge in [0, 0.05) is 18.0 Å². The minimum atomic E-state index is 0.453. The fraction of sp³-hybridized carbons (Fsp3) is 0.125. The Morgan fingerprint density at radius 2 is 2.36 bits per heavy atom. The van der Waals surface area contributed by atoms with Crippen molar-refractivity contribution in [1.29, 1.82) is 5.26 Å². The van der Waals surface area contributed by atoms with Crippen molar-refractivity contribution in [3.63, 3.8) is 0 Å². The average Bonchev–Trinajstić information content (AvgIpc) is 2.05. The third kappa shape index (κ3) is 1.24. The molecule has 1 aromatic heterocycles. The molecule has 1 rings (SSSR count). The van der Waals surface area contributed by atoms with E-state index in [1.165, 1.54) is 12.4 Å². The largest absolute Gasteiger partial charge is 0.298 e. The van der Waals surface area contributed by atoms with Gasteiger partial charge in [-0.15, -0.1) is 0 Å². The first-order valence-electron chi connectivity index (χ1n) is 3.09. The van der Waals surface area contributed by atoms with Crippen LogP contribution in [0, 0.1) is 18.3 Å². The van der Waals surface area contributed by atoms with Crippen molar-refractivity contribution in [2.45, 2.75) is 6.92 Å². The third-order valence-electron chi connectivity index (χ3n) is 1.50. The van der Waals surface area contributed by atoms with Crippen molar-refractivity contribution < 1.29 is 4.79 Å². The highest BCUT2D eigenvalue weighted by molar-refractivity contribution is 5.77. The van der Waals surface area contributed by atoms with Crippen LogP contribution in [-0.2, 0) is 0 Å². The SMILES string of the molecule is Cc1c(C#N)cncc1C=O. The number of carbonyl (C=O) groups excluding carboxylic acids is 1. The maximum atomic E-state index is 10.3. The molecule has 0 fully saturated rings. The quantitative estimate of drug-likeness (QED) is 0.557. The van der Waals surface area contributed by atoms with E-state index in [0.29, 0.717) is 23.0 Å². The van der Waals surface area contributed by atoms with Gasteiger partial charge in [-0.1, -0.05) is 0 Å². The molecule has 11 heavy (non-hydrogen) atoms. The zero-order valence-corrected chi connectivity index (χ0v) is 6.03. The number of nitrogens with zero attached hydrogens (tertiary/aromatic N) is 2. The van der Waals surface area contributed by atoms with Crippen LogP contribution >= 0.6 is 0 Å². The Morgan fingerprint density at radius 1 is 1.64 bits per heavy atom. The Balaban J connectivity index is 3.34. The molecule has 0 amide bonds. The van der Waals surface area contributed by atoms with Gasteiger partial charge in [-0.3, -0.25) is 9.78 Å². The van der Waals surface area contributed by atoms with Crippen LogP contribution < -0.4 is 0 Å². The van der Waals surface area contributed by atoms with Crippen LogP contribution in [0.1, 0.15) is 21.5 Å². The van der Waals surface area contributed by atoms with Crippen molar-refractivity contribution in [2.75, 3.05) is 0 Å². The molecule has 0 aromatic carbocycles. The van der Waals surface area contributed by atoms with Crippen LogP contribution in [0.4, 0.5) is 0 Å². The smallest absolute Gasteiger partial charge is 0.151 e. The normalized spacial score (nSPS) is 8.73. The monoisotopic (exact) mass is 146 g/mol. The Morgan fingerprint density at radius 3 is 2.91 bits per heavy atom. The van der Waals surface area contributed by atoms with Gasteiger partial charge in [0.05, 0.1) is 5.56 Å². The van der Waals surface area contributed by atoms with Gasteiger partial charge in [-0.05, 0) is 12.5 Å². The minimum absolute atomic E-state index is 0.453.